The van der Waals surface area contributed by atoms with Crippen molar-refractivity contribution in [1.82, 2.24) is 10.6 Å². The van der Waals surface area contributed by atoms with Gasteiger partial charge < -0.3 is 40.1 Å². The molecule has 286 valence electrons. The monoisotopic (exact) mass is 689 g/mol. The molecule has 0 amide bonds. The highest BCUT2D eigenvalue weighted by atomic mass is 16.7. The summed E-state index contributed by atoms with van der Waals surface area (Å²) in [5.74, 6) is -0.558. The third kappa shape index (κ3) is 17.2. The summed E-state index contributed by atoms with van der Waals surface area (Å²) in [4.78, 5) is 0. The zero-order valence-electron chi connectivity index (χ0n) is 30.7. The van der Waals surface area contributed by atoms with Crippen molar-refractivity contribution in [2.45, 2.75) is 217 Å². The molecule has 8 N–H and O–H groups in total. The van der Waals surface area contributed by atoms with Crippen molar-refractivity contribution in [1.29, 1.82) is 0 Å². The van der Waals surface area contributed by atoms with Crippen molar-refractivity contribution < 1.29 is 40.1 Å². The van der Waals surface area contributed by atoms with Gasteiger partial charge in [-0.3, -0.25) is 10.6 Å². The lowest BCUT2D eigenvalue weighted by Crippen LogP contribution is -2.60. The van der Waals surface area contributed by atoms with Gasteiger partial charge in [-0.15, -0.1) is 0 Å². The van der Waals surface area contributed by atoms with Crippen LogP contribution in [0.15, 0.2) is 0 Å². The fourth-order valence-electron chi connectivity index (χ4n) is 7.26. The zero-order chi connectivity index (χ0) is 35.0. The molecule has 10 nitrogen and oxygen atoms in total. The van der Waals surface area contributed by atoms with Gasteiger partial charge in [0.1, 0.15) is 24.4 Å². The van der Waals surface area contributed by atoms with Crippen LogP contribution in [0.2, 0.25) is 0 Å². The maximum absolute atomic E-state index is 11.4. The largest absolute Gasteiger partial charge is 0.394 e. The number of unbranched alkanes of at least 4 members (excludes halogenated alkanes) is 19. The van der Waals surface area contributed by atoms with Gasteiger partial charge in [-0.05, 0) is 12.8 Å². The first-order chi connectivity index (χ1) is 23.3. The summed E-state index contributed by atoms with van der Waals surface area (Å²) in [7, 11) is 0. The third-order valence-corrected chi connectivity index (χ3v) is 10.6. The van der Waals surface area contributed by atoms with Crippen molar-refractivity contribution in [2.75, 3.05) is 19.8 Å². The molecule has 2 rings (SSSR count). The molecule has 7 unspecified atom stereocenters. The minimum Gasteiger partial charge on any atom is -0.394 e. The van der Waals surface area contributed by atoms with Crippen molar-refractivity contribution in [2.24, 2.45) is 5.92 Å². The van der Waals surface area contributed by atoms with E-state index in [9.17, 15) is 30.6 Å². The molecule has 2 heterocycles. The van der Waals surface area contributed by atoms with E-state index < -0.39 is 55.4 Å². The molecule has 10 atom stereocenters. The van der Waals surface area contributed by atoms with Crippen LogP contribution in [0.1, 0.15) is 162 Å². The van der Waals surface area contributed by atoms with E-state index in [2.05, 4.69) is 24.5 Å². The summed E-state index contributed by atoms with van der Waals surface area (Å²) < 4.78 is 11.4. The van der Waals surface area contributed by atoms with Crippen LogP contribution in [0, 0.1) is 5.92 Å². The number of nitrogens with one attached hydrogen (secondary N) is 2. The molecule has 0 aliphatic carbocycles. The van der Waals surface area contributed by atoms with Gasteiger partial charge in [0.2, 0.25) is 0 Å². The highest BCUT2D eigenvalue weighted by Crippen LogP contribution is 2.26. The lowest BCUT2D eigenvalue weighted by molar-refractivity contribution is -0.305. The Labute approximate surface area is 292 Å². The molecule has 0 radical (unpaired) electrons. The van der Waals surface area contributed by atoms with Crippen LogP contribution in [-0.4, -0.2) is 106 Å². The number of hydrogen-bond acceptors (Lipinski definition) is 10. The van der Waals surface area contributed by atoms with Gasteiger partial charge in [0, 0.05) is 18.5 Å². The van der Waals surface area contributed by atoms with E-state index in [1.54, 1.807) is 0 Å². The van der Waals surface area contributed by atoms with Crippen molar-refractivity contribution in [3.8, 4) is 0 Å². The summed E-state index contributed by atoms with van der Waals surface area (Å²) in [6.07, 6.45) is 18.6. The van der Waals surface area contributed by atoms with Crippen molar-refractivity contribution >= 4 is 0 Å². The van der Waals surface area contributed by atoms with E-state index in [0.717, 1.165) is 38.6 Å². The predicted octanol–water partition coefficient (Wildman–Crippen LogP) is 5.04. The molecule has 0 bridgehead atoms. The summed E-state index contributed by atoms with van der Waals surface area (Å²) in [5.41, 5.74) is 0. The minimum absolute atomic E-state index is 0.0607. The fraction of sp³-hybridized carbons (Fsp3) is 1.00. The maximum atomic E-state index is 11.4. The molecule has 48 heavy (non-hydrogen) atoms. The van der Waals surface area contributed by atoms with E-state index in [-0.39, 0.29) is 18.8 Å². The SMILES string of the molecule is CCCCCCCCCCCCCC[C@@H](O)[C@@H](O)[C@H](COC1OC(CO)C(O)C(O)C1O)C1NCC(CCCCCCCCCCC)N1. The number of aliphatic hydroxyl groups excluding tert-OH is 6. The van der Waals surface area contributed by atoms with Crippen LogP contribution in [0.25, 0.3) is 0 Å². The smallest absolute Gasteiger partial charge is 0.186 e. The van der Waals surface area contributed by atoms with Gasteiger partial charge in [0.15, 0.2) is 6.29 Å². The Morgan fingerprint density at radius 1 is 0.667 bits per heavy atom. The van der Waals surface area contributed by atoms with Crippen LogP contribution < -0.4 is 10.6 Å². The second-order valence-corrected chi connectivity index (χ2v) is 14.8. The van der Waals surface area contributed by atoms with Crippen molar-refractivity contribution in [3.05, 3.63) is 0 Å². The van der Waals surface area contributed by atoms with Crippen molar-refractivity contribution in [3.63, 3.8) is 0 Å². The van der Waals surface area contributed by atoms with Gasteiger partial charge in [-0.1, -0.05) is 149 Å². The summed E-state index contributed by atoms with van der Waals surface area (Å²) >= 11 is 0. The molecular formula is C38H76N2O8. The lowest BCUT2D eigenvalue weighted by Gasteiger charge is -2.40. The van der Waals surface area contributed by atoms with Crippen LogP contribution in [0.4, 0.5) is 0 Å². The lowest BCUT2D eigenvalue weighted by atomic mass is 9.92. The average molecular weight is 689 g/mol. The molecule has 10 heteroatoms. The molecule has 0 spiro atoms. The van der Waals surface area contributed by atoms with Crippen LogP contribution in [0.5, 0.6) is 0 Å². The third-order valence-electron chi connectivity index (χ3n) is 10.6. The number of ether oxygens (including phenoxy) is 2. The Kier molecular flexibility index (Phi) is 24.9. The van der Waals surface area contributed by atoms with Gasteiger partial charge >= 0.3 is 0 Å². The molecule has 2 aliphatic heterocycles. The predicted molar refractivity (Wildman–Crippen MR) is 191 cm³/mol. The van der Waals surface area contributed by atoms with E-state index in [1.807, 2.05) is 0 Å². The van der Waals surface area contributed by atoms with Gasteiger partial charge in [-0.25, -0.2) is 0 Å². The normalized spacial score (nSPS) is 28.1. The Morgan fingerprint density at radius 3 is 1.69 bits per heavy atom. The van der Waals surface area contributed by atoms with E-state index in [1.165, 1.54) is 109 Å². The van der Waals surface area contributed by atoms with Gasteiger partial charge in [0.05, 0.1) is 31.6 Å². The Balaban J connectivity index is 1.80. The summed E-state index contributed by atoms with van der Waals surface area (Å²) in [5, 5.41) is 70.0. The van der Waals surface area contributed by atoms with E-state index in [0.29, 0.717) is 6.42 Å². The molecule has 0 aromatic rings. The molecule has 2 fully saturated rings. The zero-order valence-corrected chi connectivity index (χ0v) is 30.7. The fourth-order valence-corrected chi connectivity index (χ4v) is 7.26. The molecule has 0 aromatic heterocycles. The Bertz CT molecular complexity index is 749. The standard InChI is InChI=1S/C38H76N2O8/c1-3-5-7-9-11-13-14-15-17-19-21-23-25-31(42)33(43)30(28-47-38-36(46)35(45)34(44)32(27-41)48-38)37-39-26-29(40-37)24-22-20-18-16-12-10-8-6-4-2/h29-46H,3-28H2,1-2H3/t29?,30-,31+,32?,33-,34?,35?,36?,37?,38?/m0/s1. The first-order valence-electron chi connectivity index (χ1n) is 20.1. The van der Waals surface area contributed by atoms with Crippen LogP contribution in [-0.2, 0) is 9.47 Å². The van der Waals surface area contributed by atoms with E-state index >= 15 is 0 Å². The van der Waals surface area contributed by atoms with Crippen LogP contribution >= 0.6 is 0 Å². The van der Waals surface area contributed by atoms with Crippen LogP contribution in [0.3, 0.4) is 0 Å². The number of hydrogen-bond donors (Lipinski definition) is 8. The molecule has 2 aliphatic rings. The average Bonchev–Trinajstić information content (AvgIpc) is 3.56. The number of aliphatic hydroxyl groups is 6. The second-order valence-electron chi connectivity index (χ2n) is 14.8. The topological polar surface area (TPSA) is 164 Å². The Morgan fingerprint density at radius 2 is 1.17 bits per heavy atom. The quantitative estimate of drug-likeness (QED) is 0.0480. The second kappa shape index (κ2) is 27.3. The minimum atomic E-state index is -1.54. The highest BCUT2D eigenvalue weighted by Gasteiger charge is 2.45. The van der Waals surface area contributed by atoms with Gasteiger partial charge in [0.25, 0.3) is 0 Å². The summed E-state index contributed by atoms with van der Waals surface area (Å²) in [6.45, 7) is 4.64. The summed E-state index contributed by atoms with van der Waals surface area (Å²) in [6, 6.07) is 0.245. The maximum Gasteiger partial charge on any atom is 0.186 e. The number of rotatable bonds is 30. The molecule has 2 saturated heterocycles. The van der Waals surface area contributed by atoms with E-state index in [4.69, 9.17) is 9.47 Å². The molecule has 0 saturated carbocycles. The molecule has 0 aromatic carbocycles. The van der Waals surface area contributed by atoms with Gasteiger partial charge in [-0.2, -0.15) is 0 Å². The first kappa shape index (κ1) is 43.8. The Hall–Kier alpha value is -0.400. The molecular weight excluding hydrogens is 612 g/mol. The first-order valence-corrected chi connectivity index (χ1v) is 20.1. The highest BCUT2D eigenvalue weighted by molar-refractivity contribution is 4.93.